The van der Waals surface area contributed by atoms with Crippen molar-refractivity contribution in [3.05, 3.63) is 65.5 Å². The van der Waals surface area contributed by atoms with Gasteiger partial charge in [-0.3, -0.25) is 9.78 Å². The van der Waals surface area contributed by atoms with Gasteiger partial charge in [0.2, 0.25) is 0 Å². The number of nitrogens with zero attached hydrogens (tertiary/aromatic N) is 3. The van der Waals surface area contributed by atoms with E-state index in [1.807, 2.05) is 37.3 Å². The van der Waals surface area contributed by atoms with E-state index in [9.17, 15) is 4.79 Å². The number of fused-ring (bicyclic) bond motifs is 1. The first-order chi connectivity index (χ1) is 14.9. The highest BCUT2D eigenvalue weighted by atomic mass is 16.1. The molecular formula is C26H30N4O. The molecule has 0 saturated carbocycles. The van der Waals surface area contributed by atoms with Crippen LogP contribution in [0.4, 0.5) is 5.69 Å². The van der Waals surface area contributed by atoms with Gasteiger partial charge in [-0.25, -0.2) is 4.98 Å². The smallest absolute Gasteiger partial charge is 0.164 e. The molecule has 2 atom stereocenters. The molecule has 0 unspecified atom stereocenters. The number of carbonyl (C=O) groups is 1. The standard InChI is InChI=1S/C26H30N4O/c1-5-26(31)22(25-14-27-23-8-6-7-9-24(23)29-25)13-20-10-11-21(12-17(20)2)30-15-18(3)28-19(4)16-30/h6-14,18-19,28H,5,15-16H2,1-4H3/b22-13-/t18-,19+. The van der Waals surface area contributed by atoms with E-state index in [4.69, 9.17) is 4.98 Å². The number of piperazine rings is 1. The minimum atomic E-state index is 0.0674. The molecule has 0 aliphatic carbocycles. The van der Waals surface area contributed by atoms with Gasteiger partial charge in [0.1, 0.15) is 0 Å². The number of ketones is 1. The van der Waals surface area contributed by atoms with Crippen LogP contribution in [0.1, 0.15) is 44.0 Å². The van der Waals surface area contributed by atoms with Gasteiger partial charge in [0.05, 0.1) is 22.9 Å². The largest absolute Gasteiger partial charge is 0.368 e. The van der Waals surface area contributed by atoms with Crippen molar-refractivity contribution in [1.29, 1.82) is 0 Å². The molecule has 1 aliphatic heterocycles. The van der Waals surface area contributed by atoms with Crippen LogP contribution in [0.25, 0.3) is 22.7 Å². The highest BCUT2D eigenvalue weighted by molar-refractivity contribution is 6.24. The normalized spacial score (nSPS) is 19.6. The lowest BCUT2D eigenvalue weighted by Gasteiger charge is -2.38. The number of Topliss-reactive ketones (excluding diaryl/α,β-unsaturated/α-hetero) is 1. The van der Waals surface area contributed by atoms with E-state index < -0.39 is 0 Å². The molecule has 1 fully saturated rings. The second kappa shape index (κ2) is 8.98. The van der Waals surface area contributed by atoms with Gasteiger partial charge in [-0.2, -0.15) is 0 Å². The SMILES string of the molecule is CCC(=O)/C(=C\c1ccc(N2C[C@@H](C)N[C@@H](C)C2)cc1C)c1cnc2ccccc2n1. The third kappa shape index (κ3) is 4.67. The fourth-order valence-corrected chi connectivity index (χ4v) is 4.29. The van der Waals surface area contributed by atoms with Crippen molar-refractivity contribution < 1.29 is 4.79 Å². The number of nitrogens with one attached hydrogen (secondary N) is 1. The number of para-hydroxylation sites is 2. The lowest BCUT2D eigenvalue weighted by atomic mass is 9.99. The van der Waals surface area contributed by atoms with Crippen LogP contribution >= 0.6 is 0 Å². The van der Waals surface area contributed by atoms with Gasteiger partial charge in [-0.1, -0.05) is 25.1 Å². The van der Waals surface area contributed by atoms with E-state index in [2.05, 4.69) is 54.2 Å². The molecule has 0 bridgehead atoms. The molecule has 5 heteroatoms. The molecule has 1 saturated heterocycles. The number of benzene rings is 2. The lowest BCUT2D eigenvalue weighted by molar-refractivity contribution is -0.113. The Balaban J connectivity index is 1.69. The molecule has 5 nitrogen and oxygen atoms in total. The maximum atomic E-state index is 12.8. The zero-order valence-electron chi connectivity index (χ0n) is 18.7. The summed E-state index contributed by atoms with van der Waals surface area (Å²) in [4.78, 5) is 24.4. The summed E-state index contributed by atoms with van der Waals surface area (Å²) in [7, 11) is 0. The Kier molecular flexibility index (Phi) is 6.14. The number of hydrogen-bond donors (Lipinski definition) is 1. The van der Waals surface area contributed by atoms with Crippen molar-refractivity contribution >= 4 is 34.2 Å². The molecule has 2 aromatic carbocycles. The van der Waals surface area contributed by atoms with E-state index in [0.29, 0.717) is 29.8 Å². The van der Waals surface area contributed by atoms with Crippen LogP contribution in [0.3, 0.4) is 0 Å². The summed E-state index contributed by atoms with van der Waals surface area (Å²) >= 11 is 0. The first kappa shape index (κ1) is 21.2. The molecule has 0 amide bonds. The second-order valence-corrected chi connectivity index (χ2v) is 8.49. The average molecular weight is 415 g/mol. The van der Waals surface area contributed by atoms with Crippen LogP contribution in [0.5, 0.6) is 0 Å². The predicted molar refractivity (Wildman–Crippen MR) is 128 cm³/mol. The summed E-state index contributed by atoms with van der Waals surface area (Å²) in [5, 5.41) is 3.58. The number of allylic oxidation sites excluding steroid dienone is 1. The Labute approximate surface area is 184 Å². The number of carbonyl (C=O) groups excluding carboxylic acids is 1. The summed E-state index contributed by atoms with van der Waals surface area (Å²) in [5.74, 6) is 0.0674. The van der Waals surface area contributed by atoms with Crippen LogP contribution in [-0.2, 0) is 4.79 Å². The minimum absolute atomic E-state index is 0.0674. The molecule has 31 heavy (non-hydrogen) atoms. The number of aryl methyl sites for hydroxylation is 1. The van der Waals surface area contributed by atoms with Crippen molar-refractivity contribution in [3.63, 3.8) is 0 Å². The molecule has 0 radical (unpaired) electrons. The van der Waals surface area contributed by atoms with Crippen LogP contribution < -0.4 is 10.2 Å². The quantitative estimate of drug-likeness (QED) is 0.616. The minimum Gasteiger partial charge on any atom is -0.368 e. The molecule has 1 aromatic heterocycles. The Bertz CT molecular complexity index is 1130. The number of hydrogen-bond acceptors (Lipinski definition) is 5. The Morgan fingerprint density at radius 3 is 2.52 bits per heavy atom. The first-order valence-corrected chi connectivity index (χ1v) is 11.0. The van der Waals surface area contributed by atoms with E-state index in [1.165, 1.54) is 5.69 Å². The van der Waals surface area contributed by atoms with E-state index in [0.717, 1.165) is 35.2 Å². The van der Waals surface area contributed by atoms with Gasteiger partial charge in [0.25, 0.3) is 0 Å². The first-order valence-electron chi connectivity index (χ1n) is 11.0. The van der Waals surface area contributed by atoms with Crippen LogP contribution in [0.15, 0.2) is 48.7 Å². The highest BCUT2D eigenvalue weighted by Gasteiger charge is 2.21. The summed E-state index contributed by atoms with van der Waals surface area (Å²) in [6, 6.07) is 15.1. The second-order valence-electron chi connectivity index (χ2n) is 8.49. The zero-order valence-corrected chi connectivity index (χ0v) is 18.7. The van der Waals surface area contributed by atoms with Crippen molar-refractivity contribution in [2.45, 2.75) is 46.2 Å². The van der Waals surface area contributed by atoms with E-state index in [1.54, 1.807) is 6.20 Å². The van der Waals surface area contributed by atoms with Crippen LogP contribution in [0, 0.1) is 6.92 Å². The molecule has 0 spiro atoms. The third-order valence-electron chi connectivity index (χ3n) is 5.82. The molecule has 2 heterocycles. The zero-order chi connectivity index (χ0) is 22.0. The fourth-order valence-electron chi connectivity index (χ4n) is 4.29. The Morgan fingerprint density at radius 1 is 1.13 bits per heavy atom. The van der Waals surface area contributed by atoms with E-state index >= 15 is 0 Å². The molecule has 1 N–H and O–H groups in total. The van der Waals surface area contributed by atoms with Crippen LogP contribution in [-0.4, -0.2) is 40.9 Å². The number of anilines is 1. The summed E-state index contributed by atoms with van der Waals surface area (Å²) in [5.41, 5.74) is 6.26. The molecule has 3 aromatic rings. The molecule has 4 rings (SSSR count). The Morgan fingerprint density at radius 2 is 1.84 bits per heavy atom. The lowest BCUT2D eigenvalue weighted by Crippen LogP contribution is -2.54. The number of aromatic nitrogens is 2. The maximum absolute atomic E-state index is 12.8. The Hall–Kier alpha value is -3.05. The predicted octanol–water partition coefficient (Wildman–Crippen LogP) is 4.64. The maximum Gasteiger partial charge on any atom is 0.164 e. The van der Waals surface area contributed by atoms with Gasteiger partial charge < -0.3 is 10.2 Å². The summed E-state index contributed by atoms with van der Waals surface area (Å²) in [6.45, 7) is 10.4. The van der Waals surface area contributed by atoms with Crippen LogP contribution in [0.2, 0.25) is 0 Å². The van der Waals surface area contributed by atoms with Gasteiger partial charge in [-0.15, -0.1) is 0 Å². The van der Waals surface area contributed by atoms with Gasteiger partial charge in [0.15, 0.2) is 5.78 Å². The number of rotatable bonds is 5. The molecule has 1 aliphatic rings. The third-order valence-corrected chi connectivity index (χ3v) is 5.82. The van der Waals surface area contributed by atoms with Crippen molar-refractivity contribution in [1.82, 2.24) is 15.3 Å². The topological polar surface area (TPSA) is 58.1 Å². The molecule has 160 valence electrons. The average Bonchev–Trinajstić information content (AvgIpc) is 2.76. The van der Waals surface area contributed by atoms with Gasteiger partial charge in [0, 0.05) is 42.9 Å². The monoisotopic (exact) mass is 414 g/mol. The van der Waals surface area contributed by atoms with Gasteiger partial charge in [-0.05, 0) is 62.2 Å². The summed E-state index contributed by atoms with van der Waals surface area (Å²) < 4.78 is 0. The molecular weight excluding hydrogens is 384 g/mol. The van der Waals surface area contributed by atoms with Crippen molar-refractivity contribution in [2.75, 3.05) is 18.0 Å². The van der Waals surface area contributed by atoms with E-state index in [-0.39, 0.29) is 5.78 Å². The summed E-state index contributed by atoms with van der Waals surface area (Å²) in [6.07, 6.45) is 4.09. The van der Waals surface area contributed by atoms with Crippen molar-refractivity contribution in [3.8, 4) is 0 Å². The highest BCUT2D eigenvalue weighted by Crippen LogP contribution is 2.26. The van der Waals surface area contributed by atoms with Crippen molar-refractivity contribution in [2.24, 2.45) is 0 Å². The van der Waals surface area contributed by atoms with Gasteiger partial charge >= 0.3 is 0 Å². The fraction of sp³-hybridized carbons (Fsp3) is 0.346.